The van der Waals surface area contributed by atoms with E-state index in [0.717, 1.165) is 18.7 Å². The molecular formula is C14H24N2O3. The van der Waals surface area contributed by atoms with Crippen molar-refractivity contribution in [2.75, 3.05) is 39.7 Å². The van der Waals surface area contributed by atoms with Crippen LogP contribution >= 0.6 is 0 Å². The fourth-order valence-corrected chi connectivity index (χ4v) is 1.82. The van der Waals surface area contributed by atoms with Crippen LogP contribution in [0.5, 0.6) is 17.2 Å². The molecule has 0 aliphatic carbocycles. The molecule has 5 nitrogen and oxygen atoms in total. The second-order valence-corrected chi connectivity index (χ2v) is 4.30. The van der Waals surface area contributed by atoms with Gasteiger partial charge in [0.05, 0.1) is 21.3 Å². The van der Waals surface area contributed by atoms with Crippen molar-refractivity contribution in [2.24, 2.45) is 11.7 Å². The van der Waals surface area contributed by atoms with E-state index >= 15 is 0 Å². The second kappa shape index (κ2) is 7.74. The molecule has 1 atom stereocenters. The molecule has 0 saturated heterocycles. The van der Waals surface area contributed by atoms with E-state index in [0.29, 0.717) is 29.7 Å². The van der Waals surface area contributed by atoms with Crippen LogP contribution in [0.4, 0.5) is 5.69 Å². The van der Waals surface area contributed by atoms with Crippen LogP contribution in [-0.4, -0.2) is 34.4 Å². The number of nitrogens with one attached hydrogen (secondary N) is 1. The summed E-state index contributed by atoms with van der Waals surface area (Å²) >= 11 is 0. The zero-order valence-electron chi connectivity index (χ0n) is 12.2. The topological polar surface area (TPSA) is 65.7 Å². The van der Waals surface area contributed by atoms with E-state index in [-0.39, 0.29) is 0 Å². The van der Waals surface area contributed by atoms with Crippen LogP contribution in [0, 0.1) is 5.92 Å². The highest BCUT2D eigenvalue weighted by Gasteiger charge is 2.14. The summed E-state index contributed by atoms with van der Waals surface area (Å²) in [6, 6.07) is 3.66. The van der Waals surface area contributed by atoms with Crippen LogP contribution in [-0.2, 0) is 0 Å². The lowest BCUT2D eigenvalue weighted by atomic mass is 10.1. The zero-order valence-corrected chi connectivity index (χ0v) is 12.2. The van der Waals surface area contributed by atoms with Crippen molar-refractivity contribution in [1.82, 2.24) is 0 Å². The summed E-state index contributed by atoms with van der Waals surface area (Å²) in [5, 5.41) is 3.35. The van der Waals surface area contributed by atoms with Gasteiger partial charge >= 0.3 is 0 Å². The molecule has 0 saturated carbocycles. The molecule has 1 unspecified atom stereocenters. The Bertz CT molecular complexity index is 367. The molecule has 108 valence electrons. The van der Waals surface area contributed by atoms with E-state index in [9.17, 15) is 0 Å². The third-order valence-corrected chi connectivity index (χ3v) is 3.19. The van der Waals surface area contributed by atoms with E-state index in [1.54, 1.807) is 21.3 Å². The summed E-state index contributed by atoms with van der Waals surface area (Å²) in [7, 11) is 4.86. The van der Waals surface area contributed by atoms with Crippen LogP contribution in [0.25, 0.3) is 0 Å². The quantitative estimate of drug-likeness (QED) is 0.756. The normalized spacial score (nSPS) is 11.8. The number of anilines is 1. The van der Waals surface area contributed by atoms with Gasteiger partial charge in [0.2, 0.25) is 0 Å². The average Bonchev–Trinajstić information content (AvgIpc) is 2.47. The Labute approximate surface area is 115 Å². The maximum absolute atomic E-state index is 5.71. The van der Waals surface area contributed by atoms with Gasteiger partial charge in [0.25, 0.3) is 0 Å². The van der Waals surface area contributed by atoms with Gasteiger partial charge in [-0.1, -0.05) is 13.3 Å². The zero-order chi connectivity index (χ0) is 14.3. The fourth-order valence-electron chi connectivity index (χ4n) is 1.82. The number of rotatable bonds is 8. The molecular weight excluding hydrogens is 244 g/mol. The first-order valence-corrected chi connectivity index (χ1v) is 6.44. The lowest BCUT2D eigenvalue weighted by molar-refractivity contribution is 0.377. The lowest BCUT2D eigenvalue weighted by Gasteiger charge is -2.19. The Morgan fingerprint density at radius 1 is 1.11 bits per heavy atom. The first kappa shape index (κ1) is 15.4. The van der Waals surface area contributed by atoms with Gasteiger partial charge in [-0.2, -0.15) is 0 Å². The summed E-state index contributed by atoms with van der Waals surface area (Å²) in [6.45, 7) is 3.57. The van der Waals surface area contributed by atoms with Gasteiger partial charge in [-0.15, -0.1) is 0 Å². The Hall–Kier alpha value is -1.62. The number of ether oxygens (including phenoxy) is 3. The molecule has 0 amide bonds. The largest absolute Gasteiger partial charge is 0.496 e. The molecule has 0 fully saturated rings. The third-order valence-electron chi connectivity index (χ3n) is 3.19. The Morgan fingerprint density at radius 2 is 1.68 bits per heavy atom. The van der Waals surface area contributed by atoms with Gasteiger partial charge in [0.1, 0.15) is 22.9 Å². The second-order valence-electron chi connectivity index (χ2n) is 4.30. The molecule has 0 bridgehead atoms. The number of hydrogen-bond donors (Lipinski definition) is 2. The van der Waals surface area contributed by atoms with Gasteiger partial charge in [0, 0.05) is 18.7 Å². The highest BCUT2D eigenvalue weighted by molar-refractivity contribution is 5.68. The smallest absolute Gasteiger partial charge is 0.149 e. The van der Waals surface area contributed by atoms with E-state index < -0.39 is 0 Å². The molecule has 1 rings (SSSR count). The van der Waals surface area contributed by atoms with E-state index in [4.69, 9.17) is 19.9 Å². The summed E-state index contributed by atoms with van der Waals surface area (Å²) in [6.07, 6.45) is 1.03. The van der Waals surface area contributed by atoms with Crippen molar-refractivity contribution in [3.8, 4) is 17.2 Å². The Morgan fingerprint density at radius 3 is 2.05 bits per heavy atom. The number of methoxy groups -OCH3 is 3. The van der Waals surface area contributed by atoms with Gasteiger partial charge in [-0.3, -0.25) is 0 Å². The minimum absolute atomic E-state index is 0.427. The van der Waals surface area contributed by atoms with Crippen LogP contribution in [0.1, 0.15) is 13.3 Å². The highest BCUT2D eigenvalue weighted by atomic mass is 16.5. The van der Waals surface area contributed by atoms with E-state index in [2.05, 4.69) is 12.2 Å². The van der Waals surface area contributed by atoms with Gasteiger partial charge in [0.15, 0.2) is 0 Å². The highest BCUT2D eigenvalue weighted by Crippen LogP contribution is 2.38. The van der Waals surface area contributed by atoms with Crippen molar-refractivity contribution < 1.29 is 14.2 Å². The minimum Gasteiger partial charge on any atom is -0.496 e. The third kappa shape index (κ3) is 3.92. The molecule has 0 spiro atoms. The predicted octanol–water partition coefficient (Wildman–Crippen LogP) is 2.11. The first-order valence-electron chi connectivity index (χ1n) is 6.44. The van der Waals surface area contributed by atoms with Crippen LogP contribution in [0.3, 0.4) is 0 Å². The number of benzene rings is 1. The van der Waals surface area contributed by atoms with Crippen molar-refractivity contribution in [2.45, 2.75) is 13.3 Å². The van der Waals surface area contributed by atoms with E-state index in [1.807, 2.05) is 12.1 Å². The number of nitrogens with two attached hydrogens (primary N) is 1. The standard InChI is InChI=1S/C14H24N2O3/c1-5-10(8-15)9-16-14-12(18-3)6-11(17-2)7-13(14)19-4/h6-7,10,16H,5,8-9,15H2,1-4H3. The maximum Gasteiger partial charge on any atom is 0.149 e. The van der Waals surface area contributed by atoms with Gasteiger partial charge < -0.3 is 25.3 Å². The predicted molar refractivity (Wildman–Crippen MR) is 77.4 cm³/mol. The summed E-state index contributed by atoms with van der Waals surface area (Å²) in [5.41, 5.74) is 6.54. The molecule has 3 N–H and O–H groups in total. The van der Waals surface area contributed by atoms with Crippen molar-refractivity contribution in [3.05, 3.63) is 12.1 Å². The SMILES string of the molecule is CCC(CN)CNc1c(OC)cc(OC)cc1OC. The molecule has 0 radical (unpaired) electrons. The minimum atomic E-state index is 0.427. The van der Waals surface area contributed by atoms with Crippen molar-refractivity contribution in [3.63, 3.8) is 0 Å². The van der Waals surface area contributed by atoms with E-state index in [1.165, 1.54) is 0 Å². The lowest BCUT2D eigenvalue weighted by Crippen LogP contribution is -2.22. The van der Waals surface area contributed by atoms with Crippen LogP contribution < -0.4 is 25.3 Å². The monoisotopic (exact) mass is 268 g/mol. The van der Waals surface area contributed by atoms with Crippen LogP contribution in [0.2, 0.25) is 0 Å². The summed E-state index contributed by atoms with van der Waals surface area (Å²) in [4.78, 5) is 0. The van der Waals surface area contributed by atoms with Crippen LogP contribution in [0.15, 0.2) is 12.1 Å². The fraction of sp³-hybridized carbons (Fsp3) is 0.571. The molecule has 1 aromatic carbocycles. The van der Waals surface area contributed by atoms with Crippen molar-refractivity contribution >= 4 is 5.69 Å². The Kier molecular flexibility index (Phi) is 6.29. The molecule has 0 aliphatic heterocycles. The first-order chi connectivity index (χ1) is 9.19. The van der Waals surface area contributed by atoms with Gasteiger partial charge in [-0.25, -0.2) is 0 Å². The molecule has 0 aromatic heterocycles. The number of hydrogen-bond acceptors (Lipinski definition) is 5. The Balaban J connectivity index is 2.96. The molecule has 1 aromatic rings. The van der Waals surface area contributed by atoms with Gasteiger partial charge in [-0.05, 0) is 12.5 Å². The van der Waals surface area contributed by atoms with Crippen molar-refractivity contribution in [1.29, 1.82) is 0 Å². The molecule has 5 heteroatoms. The summed E-state index contributed by atoms with van der Waals surface area (Å²) < 4.78 is 16.0. The summed E-state index contributed by atoms with van der Waals surface area (Å²) in [5.74, 6) is 2.52. The molecule has 0 aliphatic rings. The molecule has 0 heterocycles. The maximum atomic E-state index is 5.71. The average molecular weight is 268 g/mol. The molecule has 19 heavy (non-hydrogen) atoms.